The summed E-state index contributed by atoms with van der Waals surface area (Å²) in [5.41, 5.74) is 0. The van der Waals surface area contributed by atoms with Gasteiger partial charge < -0.3 is 10.2 Å². The Balaban J connectivity index is 3.24. The van der Waals surface area contributed by atoms with E-state index in [1.54, 1.807) is 21.6 Å². The Hall–Kier alpha value is 1.32. The van der Waals surface area contributed by atoms with Crippen LogP contribution in [-0.4, -0.2) is 56.9 Å². The number of hydrogen-bond donors (Lipinski definition) is 2. The van der Waals surface area contributed by atoms with Crippen molar-refractivity contribution in [3.05, 3.63) is 0 Å². The van der Waals surface area contributed by atoms with Crippen LogP contribution in [0.3, 0.4) is 0 Å². The highest BCUT2D eigenvalue weighted by Crippen LogP contribution is 2.25. The molecule has 0 aromatic rings. The van der Waals surface area contributed by atoms with Gasteiger partial charge in [-0.15, -0.1) is 0 Å². The zero-order valence-electron chi connectivity index (χ0n) is 29.7. The summed E-state index contributed by atoms with van der Waals surface area (Å²) >= 11 is 3.83. The van der Waals surface area contributed by atoms with Gasteiger partial charge in [-0.25, -0.2) is 0 Å². The molecular formula is C38H78O2S4. The lowest BCUT2D eigenvalue weighted by Crippen LogP contribution is -2.15. The summed E-state index contributed by atoms with van der Waals surface area (Å²) in [5, 5.41) is 20.5. The van der Waals surface area contributed by atoms with Crippen LogP contribution in [0.5, 0.6) is 0 Å². The van der Waals surface area contributed by atoms with Crippen LogP contribution in [0.25, 0.3) is 0 Å². The lowest BCUT2D eigenvalue weighted by molar-refractivity contribution is 0.224. The largest absolute Gasteiger partial charge is 0.391 e. The molecule has 0 saturated carbocycles. The molecule has 0 saturated heterocycles. The van der Waals surface area contributed by atoms with Crippen molar-refractivity contribution in [3.8, 4) is 0 Å². The lowest BCUT2D eigenvalue weighted by Gasteiger charge is -2.12. The zero-order valence-corrected chi connectivity index (χ0v) is 33.0. The normalized spacial score (nSPS) is 13.1. The molecule has 2 nitrogen and oxygen atoms in total. The van der Waals surface area contributed by atoms with Crippen molar-refractivity contribution < 1.29 is 10.2 Å². The lowest BCUT2D eigenvalue weighted by atomic mass is 10.0. The summed E-state index contributed by atoms with van der Waals surface area (Å²) in [7, 11) is 3.45. The third-order valence-corrected chi connectivity index (χ3v) is 13.4. The van der Waals surface area contributed by atoms with Gasteiger partial charge in [0.1, 0.15) is 0 Å². The van der Waals surface area contributed by atoms with Gasteiger partial charge in [0.25, 0.3) is 0 Å². The van der Waals surface area contributed by atoms with Crippen molar-refractivity contribution in [3.63, 3.8) is 0 Å². The molecule has 0 bridgehead atoms. The zero-order chi connectivity index (χ0) is 32.0. The van der Waals surface area contributed by atoms with Crippen LogP contribution in [0, 0.1) is 0 Å². The second-order valence-corrected chi connectivity index (χ2v) is 18.1. The van der Waals surface area contributed by atoms with Crippen LogP contribution < -0.4 is 0 Å². The topological polar surface area (TPSA) is 40.5 Å². The Morgan fingerprint density at radius 2 is 0.545 bits per heavy atom. The highest BCUT2D eigenvalue weighted by molar-refractivity contribution is 8.76. The maximum atomic E-state index is 10.3. The molecule has 0 amide bonds. The number of rotatable bonds is 39. The monoisotopic (exact) mass is 694 g/mol. The number of unbranched alkanes of at least 4 members (excludes halogenated alkanes) is 26. The average Bonchev–Trinajstić information content (AvgIpc) is 3.02. The highest BCUT2D eigenvalue weighted by Gasteiger charge is 2.08. The number of aliphatic hydroxyl groups excluding tert-OH is 2. The Bertz CT molecular complexity index is 467. The van der Waals surface area contributed by atoms with Gasteiger partial charge in [-0.2, -0.15) is 23.5 Å². The molecule has 0 aromatic carbocycles. The molecule has 266 valence electrons. The van der Waals surface area contributed by atoms with Crippen LogP contribution in [0.15, 0.2) is 0 Å². The molecule has 2 atom stereocenters. The molecule has 0 fully saturated rings. The van der Waals surface area contributed by atoms with E-state index in [1.165, 1.54) is 191 Å². The first-order valence-electron chi connectivity index (χ1n) is 19.5. The van der Waals surface area contributed by atoms with E-state index >= 15 is 0 Å². The van der Waals surface area contributed by atoms with E-state index in [2.05, 4.69) is 13.8 Å². The molecule has 0 aliphatic rings. The van der Waals surface area contributed by atoms with E-state index in [1.807, 2.05) is 23.5 Å². The fourth-order valence-corrected chi connectivity index (χ4v) is 10.1. The fraction of sp³-hybridized carbons (Fsp3) is 1.00. The van der Waals surface area contributed by atoms with Crippen LogP contribution in [-0.2, 0) is 0 Å². The predicted octanol–water partition coefficient (Wildman–Crippen LogP) is 13.5. The van der Waals surface area contributed by atoms with Crippen molar-refractivity contribution in [1.82, 2.24) is 0 Å². The first-order chi connectivity index (χ1) is 21.7. The second-order valence-electron chi connectivity index (χ2n) is 13.2. The summed E-state index contributed by atoms with van der Waals surface area (Å²) in [4.78, 5) is 0. The van der Waals surface area contributed by atoms with Crippen molar-refractivity contribution in [2.75, 3.05) is 34.5 Å². The average molecular weight is 695 g/mol. The van der Waals surface area contributed by atoms with Crippen LogP contribution >= 0.6 is 45.1 Å². The molecule has 6 heteroatoms. The number of hydrogen-bond acceptors (Lipinski definition) is 6. The molecule has 44 heavy (non-hydrogen) atoms. The minimum Gasteiger partial charge on any atom is -0.391 e. The van der Waals surface area contributed by atoms with Gasteiger partial charge in [0, 0.05) is 23.0 Å². The first-order valence-corrected chi connectivity index (χ1v) is 24.3. The van der Waals surface area contributed by atoms with Gasteiger partial charge >= 0.3 is 0 Å². The molecule has 2 unspecified atom stereocenters. The van der Waals surface area contributed by atoms with Crippen LogP contribution in [0.2, 0.25) is 0 Å². The summed E-state index contributed by atoms with van der Waals surface area (Å²) in [6.07, 6.45) is 39.0. The van der Waals surface area contributed by atoms with Gasteiger partial charge in [0.15, 0.2) is 0 Å². The molecule has 0 aromatic heterocycles. The fourth-order valence-electron chi connectivity index (χ4n) is 5.59. The van der Waals surface area contributed by atoms with Gasteiger partial charge in [0.2, 0.25) is 0 Å². The Morgan fingerprint density at radius 1 is 0.318 bits per heavy atom. The van der Waals surface area contributed by atoms with Crippen LogP contribution in [0.1, 0.15) is 194 Å². The van der Waals surface area contributed by atoms with Gasteiger partial charge in [-0.1, -0.05) is 202 Å². The molecule has 0 radical (unpaired) electrons. The van der Waals surface area contributed by atoms with E-state index in [-0.39, 0.29) is 12.2 Å². The summed E-state index contributed by atoms with van der Waals surface area (Å²) in [5.74, 6) is 5.61. The molecule has 0 aliphatic carbocycles. The predicted molar refractivity (Wildman–Crippen MR) is 212 cm³/mol. The van der Waals surface area contributed by atoms with Crippen molar-refractivity contribution in [2.45, 2.75) is 206 Å². The van der Waals surface area contributed by atoms with E-state index in [4.69, 9.17) is 0 Å². The maximum Gasteiger partial charge on any atom is 0.0729 e. The van der Waals surface area contributed by atoms with Gasteiger partial charge in [0.05, 0.1) is 12.2 Å². The smallest absolute Gasteiger partial charge is 0.0729 e. The minimum absolute atomic E-state index is 0.226. The van der Waals surface area contributed by atoms with E-state index in [0.717, 1.165) is 23.0 Å². The Morgan fingerprint density at radius 3 is 0.795 bits per heavy atom. The number of thioether (sulfide) groups is 2. The Kier molecular flexibility index (Phi) is 41.7. The summed E-state index contributed by atoms with van der Waals surface area (Å²) < 4.78 is 0. The molecule has 0 heterocycles. The Labute approximate surface area is 294 Å². The van der Waals surface area contributed by atoms with E-state index < -0.39 is 0 Å². The number of aliphatic hydroxyl groups is 2. The van der Waals surface area contributed by atoms with Crippen LogP contribution in [0.4, 0.5) is 0 Å². The highest BCUT2D eigenvalue weighted by atomic mass is 33.1. The molecule has 0 aliphatic heterocycles. The van der Waals surface area contributed by atoms with Crippen molar-refractivity contribution >= 4 is 45.1 Å². The maximum absolute atomic E-state index is 10.3. The molecule has 2 N–H and O–H groups in total. The van der Waals surface area contributed by atoms with Gasteiger partial charge in [-0.05, 0) is 24.3 Å². The second kappa shape index (κ2) is 40.5. The minimum atomic E-state index is -0.226. The standard InChI is InChI=1S/C38H78O2S4/c1-3-5-7-9-11-13-15-17-19-21-23-25-27-29-31-41-33-37(39)35-43-44-36-38(40)34-42-32-30-28-26-24-22-20-18-16-14-12-10-8-6-4-2/h37-40H,3-36H2,1-2H3. The SMILES string of the molecule is CCCCCCCCCCCCCCCCSCC(O)CSSCC(O)CSCCCCCCCCCCCCCCCC. The van der Waals surface area contributed by atoms with Crippen molar-refractivity contribution in [1.29, 1.82) is 0 Å². The summed E-state index contributed by atoms with van der Waals surface area (Å²) in [6, 6.07) is 0. The quantitative estimate of drug-likeness (QED) is 0.0493. The molecule has 0 rings (SSSR count). The van der Waals surface area contributed by atoms with Gasteiger partial charge in [-0.3, -0.25) is 0 Å². The molecular weight excluding hydrogens is 617 g/mol. The van der Waals surface area contributed by atoms with Crippen molar-refractivity contribution in [2.24, 2.45) is 0 Å². The third kappa shape index (κ3) is 39.5. The van der Waals surface area contributed by atoms with E-state index in [9.17, 15) is 10.2 Å². The first kappa shape index (κ1) is 45.3. The van der Waals surface area contributed by atoms with E-state index in [0.29, 0.717) is 0 Å². The molecule has 0 spiro atoms. The third-order valence-electron chi connectivity index (χ3n) is 8.51. The summed E-state index contributed by atoms with van der Waals surface area (Å²) in [6.45, 7) is 4.58.